The number of benzene rings is 2. The number of nitrogens with zero attached hydrogens (tertiary/aromatic N) is 3. The maximum atomic E-state index is 12.6. The van der Waals surface area contributed by atoms with Crippen LogP contribution in [0.1, 0.15) is 0 Å². The number of rotatable bonds is 5. The lowest BCUT2D eigenvalue weighted by atomic mass is 10.3. The lowest BCUT2D eigenvalue weighted by Crippen LogP contribution is -2.07. The van der Waals surface area contributed by atoms with Gasteiger partial charge in [-0.05, 0) is 12.1 Å². The van der Waals surface area contributed by atoms with Crippen molar-refractivity contribution in [2.45, 2.75) is 9.79 Å². The fourth-order valence-corrected chi connectivity index (χ4v) is 3.45. The molecule has 0 heterocycles. The first-order chi connectivity index (χ1) is 11.6. The first kappa shape index (κ1) is 17.7. The third-order valence-corrected chi connectivity index (χ3v) is 4.91. The van der Waals surface area contributed by atoms with Gasteiger partial charge in [0, 0.05) is 18.2 Å². The Morgan fingerprint density at radius 2 is 1.28 bits per heavy atom. The molecule has 2 aromatic carbocycles. The molecule has 25 heavy (non-hydrogen) atoms. The van der Waals surface area contributed by atoms with E-state index in [4.69, 9.17) is 0 Å². The molecule has 0 aliphatic rings. The van der Waals surface area contributed by atoms with E-state index in [1.54, 1.807) is 0 Å². The minimum absolute atomic E-state index is 0.446. The Morgan fingerprint density at radius 1 is 0.760 bits per heavy atom. The molecular formula is C12H7N3O9S. The number of nitro groups is 3. The Hall–Kier alpha value is -3.61. The van der Waals surface area contributed by atoms with Crippen LogP contribution in [0.2, 0.25) is 0 Å². The fraction of sp³-hybridized carbons (Fsp3) is 0. The summed E-state index contributed by atoms with van der Waals surface area (Å²) in [6.45, 7) is 0. The van der Waals surface area contributed by atoms with E-state index in [9.17, 15) is 43.9 Å². The first-order valence-corrected chi connectivity index (χ1v) is 7.69. The van der Waals surface area contributed by atoms with E-state index in [1.807, 2.05) is 0 Å². The molecule has 130 valence electrons. The molecule has 0 saturated carbocycles. The zero-order valence-corrected chi connectivity index (χ0v) is 12.7. The third kappa shape index (κ3) is 3.20. The van der Waals surface area contributed by atoms with Crippen molar-refractivity contribution in [2.75, 3.05) is 0 Å². The van der Waals surface area contributed by atoms with Crippen LogP contribution in [0, 0.1) is 30.3 Å². The summed E-state index contributed by atoms with van der Waals surface area (Å²) >= 11 is 0. The lowest BCUT2D eigenvalue weighted by molar-refractivity contribution is -0.396. The van der Waals surface area contributed by atoms with Gasteiger partial charge < -0.3 is 5.11 Å². The summed E-state index contributed by atoms with van der Waals surface area (Å²) in [5.41, 5.74) is -2.48. The molecule has 0 spiro atoms. The van der Waals surface area contributed by atoms with Crippen molar-refractivity contribution in [3.63, 3.8) is 0 Å². The van der Waals surface area contributed by atoms with E-state index < -0.39 is 57.2 Å². The molecule has 2 aromatic rings. The predicted molar refractivity (Wildman–Crippen MR) is 80.0 cm³/mol. The Morgan fingerprint density at radius 3 is 1.80 bits per heavy atom. The quantitative estimate of drug-likeness (QED) is 0.607. The van der Waals surface area contributed by atoms with Gasteiger partial charge in [0.05, 0.1) is 20.8 Å². The summed E-state index contributed by atoms with van der Waals surface area (Å²) in [6, 6.07) is 3.94. The summed E-state index contributed by atoms with van der Waals surface area (Å²) in [6.07, 6.45) is 0. The van der Waals surface area contributed by atoms with Crippen LogP contribution in [-0.2, 0) is 9.84 Å². The van der Waals surface area contributed by atoms with Gasteiger partial charge >= 0.3 is 0 Å². The van der Waals surface area contributed by atoms with Crippen molar-refractivity contribution >= 4 is 26.9 Å². The number of sulfone groups is 1. The second-order valence-electron chi connectivity index (χ2n) is 4.58. The fourth-order valence-electron chi connectivity index (χ4n) is 1.94. The minimum atomic E-state index is -4.76. The van der Waals surface area contributed by atoms with E-state index in [-0.39, 0.29) is 0 Å². The van der Waals surface area contributed by atoms with Crippen molar-refractivity contribution in [1.29, 1.82) is 0 Å². The lowest BCUT2D eigenvalue weighted by Gasteiger charge is -2.07. The number of non-ortho nitro benzene ring substituents is 2. The first-order valence-electron chi connectivity index (χ1n) is 6.21. The number of hydrogen-bond donors (Lipinski definition) is 1. The molecule has 0 unspecified atom stereocenters. The number of aromatic hydroxyl groups is 1. The standard InChI is InChI=1S/C12H7N3O9S/c16-10-3-1-8(14(19)20)6-12(10)25(23,24)11-4-2-7(13(17)18)5-9(11)15(21)22/h1-6,16H. The molecule has 0 aliphatic heterocycles. The topological polar surface area (TPSA) is 184 Å². The van der Waals surface area contributed by atoms with E-state index in [1.165, 1.54) is 0 Å². The summed E-state index contributed by atoms with van der Waals surface area (Å²) in [7, 11) is -4.76. The molecule has 0 saturated heterocycles. The van der Waals surface area contributed by atoms with Gasteiger partial charge in [0.15, 0.2) is 0 Å². The van der Waals surface area contributed by atoms with Crippen LogP contribution in [-0.4, -0.2) is 28.3 Å². The molecule has 2 rings (SSSR count). The molecule has 0 radical (unpaired) electrons. The monoisotopic (exact) mass is 369 g/mol. The molecule has 13 heteroatoms. The predicted octanol–water partition coefficient (Wildman–Crippen LogP) is 1.95. The molecule has 0 aromatic heterocycles. The number of phenols is 1. The van der Waals surface area contributed by atoms with Crippen molar-refractivity contribution in [3.05, 3.63) is 66.7 Å². The summed E-state index contributed by atoms with van der Waals surface area (Å²) < 4.78 is 25.2. The second kappa shape index (κ2) is 6.12. The highest BCUT2D eigenvalue weighted by Crippen LogP contribution is 2.37. The van der Waals surface area contributed by atoms with Gasteiger partial charge in [0.2, 0.25) is 9.84 Å². The van der Waals surface area contributed by atoms with E-state index >= 15 is 0 Å². The van der Waals surface area contributed by atoms with E-state index in [0.717, 1.165) is 18.2 Å². The Bertz CT molecular complexity index is 1020. The highest BCUT2D eigenvalue weighted by molar-refractivity contribution is 7.91. The minimum Gasteiger partial charge on any atom is -0.507 e. The van der Waals surface area contributed by atoms with Crippen molar-refractivity contribution in [3.8, 4) is 5.75 Å². The molecule has 12 nitrogen and oxygen atoms in total. The molecule has 0 fully saturated rings. The number of phenolic OH excluding ortho intramolecular Hbond substituents is 1. The van der Waals surface area contributed by atoms with Crippen LogP contribution >= 0.6 is 0 Å². The van der Waals surface area contributed by atoms with Gasteiger partial charge in [-0.3, -0.25) is 30.3 Å². The van der Waals surface area contributed by atoms with Crippen molar-refractivity contribution in [2.24, 2.45) is 0 Å². The van der Waals surface area contributed by atoms with Gasteiger partial charge in [-0.2, -0.15) is 0 Å². The van der Waals surface area contributed by atoms with Crippen molar-refractivity contribution < 1.29 is 28.3 Å². The maximum Gasteiger partial charge on any atom is 0.295 e. The van der Waals surface area contributed by atoms with Crippen LogP contribution in [0.15, 0.2) is 46.2 Å². The van der Waals surface area contributed by atoms with Crippen LogP contribution in [0.25, 0.3) is 0 Å². The molecule has 0 aliphatic carbocycles. The van der Waals surface area contributed by atoms with Gasteiger partial charge in [-0.25, -0.2) is 8.42 Å². The molecule has 0 bridgehead atoms. The van der Waals surface area contributed by atoms with Gasteiger partial charge in [0.1, 0.15) is 15.5 Å². The van der Waals surface area contributed by atoms with E-state index in [2.05, 4.69) is 0 Å². The number of nitro benzene ring substituents is 3. The SMILES string of the molecule is O=[N+]([O-])c1ccc(S(=O)(=O)c2cc([N+](=O)[O-])ccc2O)c([N+](=O)[O-])c1. The Balaban J connectivity index is 2.77. The zero-order chi connectivity index (χ0) is 18.9. The average molecular weight is 369 g/mol. The zero-order valence-electron chi connectivity index (χ0n) is 11.9. The highest BCUT2D eigenvalue weighted by atomic mass is 32.2. The van der Waals surface area contributed by atoms with Crippen LogP contribution in [0.3, 0.4) is 0 Å². The van der Waals surface area contributed by atoms with Crippen molar-refractivity contribution in [1.82, 2.24) is 0 Å². The smallest absolute Gasteiger partial charge is 0.295 e. The van der Waals surface area contributed by atoms with Gasteiger partial charge in [-0.15, -0.1) is 0 Å². The summed E-state index contributed by atoms with van der Waals surface area (Å²) in [5, 5.41) is 42.3. The molecular weight excluding hydrogens is 362 g/mol. The Kier molecular flexibility index (Phi) is 4.34. The molecule has 0 amide bonds. The maximum absolute atomic E-state index is 12.6. The second-order valence-corrected chi connectivity index (χ2v) is 6.47. The summed E-state index contributed by atoms with van der Waals surface area (Å²) in [5.74, 6) is -0.863. The molecule has 1 N–H and O–H groups in total. The van der Waals surface area contributed by atoms with Gasteiger partial charge in [-0.1, -0.05) is 0 Å². The molecule has 0 atom stereocenters. The highest BCUT2D eigenvalue weighted by Gasteiger charge is 2.32. The third-order valence-electron chi connectivity index (χ3n) is 3.08. The van der Waals surface area contributed by atoms with Crippen LogP contribution < -0.4 is 0 Å². The Labute approximate surface area is 138 Å². The average Bonchev–Trinajstić information content (AvgIpc) is 2.54. The van der Waals surface area contributed by atoms with Gasteiger partial charge in [0.25, 0.3) is 17.1 Å². The number of hydrogen-bond acceptors (Lipinski definition) is 9. The summed E-state index contributed by atoms with van der Waals surface area (Å²) in [4.78, 5) is 27.7. The van der Waals surface area contributed by atoms with E-state index in [0.29, 0.717) is 18.2 Å². The van der Waals surface area contributed by atoms with Crippen LogP contribution in [0.4, 0.5) is 17.1 Å². The van der Waals surface area contributed by atoms with Crippen LogP contribution in [0.5, 0.6) is 5.75 Å². The normalized spacial score (nSPS) is 11.0. The largest absolute Gasteiger partial charge is 0.507 e.